The van der Waals surface area contributed by atoms with Crippen molar-refractivity contribution in [1.29, 1.82) is 0 Å². The van der Waals surface area contributed by atoms with Crippen LogP contribution >= 0.6 is 27.5 Å². The number of hydrogen-bond donors (Lipinski definition) is 1. The number of rotatable bonds is 6. The van der Waals surface area contributed by atoms with E-state index in [0.717, 1.165) is 10.0 Å². The molecular weight excluding hydrogens is 343 g/mol. The van der Waals surface area contributed by atoms with Gasteiger partial charge in [-0.3, -0.25) is 0 Å². The van der Waals surface area contributed by atoms with Crippen LogP contribution in [-0.4, -0.2) is 12.7 Å². The Bertz CT molecular complexity index is 409. The minimum atomic E-state index is -4.10. The molecule has 0 aliphatic carbocycles. The Morgan fingerprint density at radius 3 is 2.63 bits per heavy atom. The molecule has 0 bridgehead atoms. The molecule has 1 unspecified atom stereocenters. The SMILES string of the molecule is CCNC(CCCC(F)(F)F)c1cccc(Br)c1Cl. The Balaban J connectivity index is 2.74. The summed E-state index contributed by atoms with van der Waals surface area (Å²) in [6, 6.07) is 5.33. The van der Waals surface area contributed by atoms with Gasteiger partial charge in [-0.2, -0.15) is 13.2 Å². The molecule has 0 aromatic heterocycles. The van der Waals surface area contributed by atoms with Crippen LogP contribution in [0.25, 0.3) is 0 Å². The fourth-order valence-corrected chi connectivity index (χ4v) is 2.55. The number of halogens is 5. The van der Waals surface area contributed by atoms with Crippen LogP contribution in [0.2, 0.25) is 5.02 Å². The van der Waals surface area contributed by atoms with Crippen molar-refractivity contribution in [2.75, 3.05) is 6.54 Å². The minimum Gasteiger partial charge on any atom is -0.310 e. The van der Waals surface area contributed by atoms with Crippen LogP contribution < -0.4 is 5.32 Å². The average Bonchev–Trinajstić information content (AvgIpc) is 2.30. The Kier molecular flexibility index (Phi) is 6.63. The first-order valence-corrected chi connectivity index (χ1v) is 7.26. The zero-order valence-corrected chi connectivity index (χ0v) is 12.9. The zero-order chi connectivity index (χ0) is 14.5. The molecule has 19 heavy (non-hydrogen) atoms. The van der Waals surface area contributed by atoms with E-state index in [-0.39, 0.29) is 12.5 Å². The average molecular weight is 359 g/mol. The van der Waals surface area contributed by atoms with Crippen LogP contribution in [-0.2, 0) is 0 Å². The van der Waals surface area contributed by atoms with Crippen LogP contribution in [0.5, 0.6) is 0 Å². The van der Waals surface area contributed by atoms with E-state index in [1.54, 1.807) is 0 Å². The van der Waals surface area contributed by atoms with Gasteiger partial charge in [-0.15, -0.1) is 0 Å². The molecule has 1 aromatic carbocycles. The molecular formula is C13H16BrClF3N. The first-order chi connectivity index (χ1) is 8.85. The van der Waals surface area contributed by atoms with Crippen molar-refractivity contribution in [2.45, 2.75) is 38.4 Å². The maximum Gasteiger partial charge on any atom is 0.389 e. The standard InChI is InChI=1S/C13H16BrClF3N/c1-2-19-11(7-4-8-13(16,17)18)9-5-3-6-10(14)12(9)15/h3,5-6,11,19H,2,4,7-8H2,1H3. The third kappa shape index (κ3) is 5.71. The lowest BCUT2D eigenvalue weighted by Gasteiger charge is -2.20. The van der Waals surface area contributed by atoms with E-state index in [2.05, 4.69) is 21.2 Å². The third-order valence-corrected chi connectivity index (χ3v) is 4.07. The second kappa shape index (κ2) is 7.50. The van der Waals surface area contributed by atoms with Crippen LogP contribution in [0.4, 0.5) is 13.2 Å². The van der Waals surface area contributed by atoms with Gasteiger partial charge in [0.2, 0.25) is 0 Å². The Morgan fingerprint density at radius 2 is 2.05 bits per heavy atom. The molecule has 6 heteroatoms. The lowest BCUT2D eigenvalue weighted by atomic mass is 10.0. The lowest BCUT2D eigenvalue weighted by Crippen LogP contribution is -2.22. The van der Waals surface area contributed by atoms with E-state index >= 15 is 0 Å². The molecule has 0 aliphatic heterocycles. The number of alkyl halides is 3. The van der Waals surface area contributed by atoms with E-state index in [1.807, 2.05) is 25.1 Å². The molecule has 0 amide bonds. The highest BCUT2D eigenvalue weighted by atomic mass is 79.9. The predicted octanol–water partition coefficient (Wildman–Crippen LogP) is 5.49. The first kappa shape index (κ1) is 16.8. The zero-order valence-electron chi connectivity index (χ0n) is 10.5. The molecule has 0 aliphatic rings. The second-order valence-electron chi connectivity index (χ2n) is 4.26. The monoisotopic (exact) mass is 357 g/mol. The van der Waals surface area contributed by atoms with Crippen LogP contribution in [0.1, 0.15) is 37.8 Å². The molecule has 0 saturated heterocycles. The molecule has 1 N–H and O–H groups in total. The Hall–Kier alpha value is -0.260. The van der Waals surface area contributed by atoms with Gasteiger partial charge in [-0.25, -0.2) is 0 Å². The molecule has 1 atom stereocenters. The van der Waals surface area contributed by atoms with Crippen molar-refractivity contribution in [2.24, 2.45) is 0 Å². The lowest BCUT2D eigenvalue weighted by molar-refractivity contribution is -0.135. The summed E-state index contributed by atoms with van der Waals surface area (Å²) < 4.78 is 37.3. The van der Waals surface area contributed by atoms with E-state index in [1.165, 1.54) is 0 Å². The summed E-state index contributed by atoms with van der Waals surface area (Å²) in [6.45, 7) is 2.60. The molecule has 0 saturated carbocycles. The van der Waals surface area contributed by atoms with Gasteiger partial charge in [-0.05, 0) is 46.9 Å². The number of hydrogen-bond acceptors (Lipinski definition) is 1. The molecule has 0 radical (unpaired) electrons. The van der Waals surface area contributed by atoms with Crippen molar-refractivity contribution >= 4 is 27.5 Å². The summed E-state index contributed by atoms with van der Waals surface area (Å²) in [4.78, 5) is 0. The molecule has 108 valence electrons. The van der Waals surface area contributed by atoms with Crippen molar-refractivity contribution in [3.05, 3.63) is 33.3 Å². The highest BCUT2D eigenvalue weighted by Gasteiger charge is 2.27. The smallest absolute Gasteiger partial charge is 0.310 e. The maximum atomic E-state index is 12.2. The second-order valence-corrected chi connectivity index (χ2v) is 5.49. The van der Waals surface area contributed by atoms with Gasteiger partial charge in [0.1, 0.15) is 0 Å². The van der Waals surface area contributed by atoms with Gasteiger partial charge in [0.25, 0.3) is 0 Å². The molecule has 1 nitrogen and oxygen atoms in total. The van der Waals surface area contributed by atoms with Crippen LogP contribution in [0, 0.1) is 0 Å². The Labute approximate surface area is 124 Å². The van der Waals surface area contributed by atoms with Crippen molar-refractivity contribution in [3.8, 4) is 0 Å². The number of nitrogens with one attached hydrogen (secondary N) is 1. The highest BCUT2D eigenvalue weighted by Crippen LogP contribution is 2.33. The summed E-state index contributed by atoms with van der Waals surface area (Å²) in [7, 11) is 0. The summed E-state index contributed by atoms with van der Waals surface area (Å²) in [5.74, 6) is 0. The largest absolute Gasteiger partial charge is 0.389 e. The van der Waals surface area contributed by atoms with E-state index < -0.39 is 12.6 Å². The van der Waals surface area contributed by atoms with Gasteiger partial charge in [0.15, 0.2) is 0 Å². The molecule has 0 fully saturated rings. The molecule has 0 heterocycles. The fourth-order valence-electron chi connectivity index (χ4n) is 1.91. The maximum absolute atomic E-state index is 12.2. The van der Waals surface area contributed by atoms with Crippen LogP contribution in [0.3, 0.4) is 0 Å². The molecule has 1 rings (SSSR count). The van der Waals surface area contributed by atoms with Crippen LogP contribution in [0.15, 0.2) is 22.7 Å². The van der Waals surface area contributed by atoms with Gasteiger partial charge in [0.05, 0.1) is 5.02 Å². The van der Waals surface area contributed by atoms with E-state index in [4.69, 9.17) is 11.6 Å². The Morgan fingerprint density at radius 1 is 1.37 bits per heavy atom. The first-order valence-electron chi connectivity index (χ1n) is 6.09. The van der Waals surface area contributed by atoms with Gasteiger partial charge in [-0.1, -0.05) is 30.7 Å². The molecule has 0 spiro atoms. The molecule has 1 aromatic rings. The van der Waals surface area contributed by atoms with Crippen molar-refractivity contribution < 1.29 is 13.2 Å². The highest BCUT2D eigenvalue weighted by molar-refractivity contribution is 9.10. The number of benzene rings is 1. The quantitative estimate of drug-likeness (QED) is 0.709. The summed E-state index contributed by atoms with van der Waals surface area (Å²) >= 11 is 9.51. The topological polar surface area (TPSA) is 12.0 Å². The van der Waals surface area contributed by atoms with Gasteiger partial charge < -0.3 is 5.32 Å². The summed E-state index contributed by atoms with van der Waals surface area (Å²) in [5, 5.41) is 3.74. The van der Waals surface area contributed by atoms with Gasteiger partial charge in [0, 0.05) is 16.9 Å². The third-order valence-electron chi connectivity index (χ3n) is 2.76. The normalized spacial score (nSPS) is 13.6. The van der Waals surface area contributed by atoms with Crippen molar-refractivity contribution in [1.82, 2.24) is 5.32 Å². The summed E-state index contributed by atoms with van der Waals surface area (Å²) in [6.07, 6.45) is -4.37. The van der Waals surface area contributed by atoms with E-state index in [9.17, 15) is 13.2 Å². The minimum absolute atomic E-state index is 0.0873. The van der Waals surface area contributed by atoms with Gasteiger partial charge >= 0.3 is 6.18 Å². The van der Waals surface area contributed by atoms with E-state index in [0.29, 0.717) is 18.0 Å². The summed E-state index contributed by atoms with van der Waals surface area (Å²) in [5.41, 5.74) is 0.833. The predicted molar refractivity (Wildman–Crippen MR) is 75.5 cm³/mol. The van der Waals surface area contributed by atoms with Crippen molar-refractivity contribution in [3.63, 3.8) is 0 Å². The fraction of sp³-hybridized carbons (Fsp3) is 0.538.